The highest BCUT2D eigenvalue weighted by molar-refractivity contribution is 6.06. The average molecular weight is 682 g/mol. The van der Waals surface area contributed by atoms with Crippen LogP contribution in [0.15, 0.2) is 193 Å². The largest absolute Gasteiger partial charge is 0.456 e. The number of benzene rings is 7. The minimum Gasteiger partial charge on any atom is -0.456 e. The van der Waals surface area contributed by atoms with Crippen molar-refractivity contribution in [2.75, 3.05) is 4.90 Å². The molecule has 1 heterocycles. The van der Waals surface area contributed by atoms with Crippen LogP contribution in [0.3, 0.4) is 0 Å². The van der Waals surface area contributed by atoms with Gasteiger partial charge in [0.05, 0.1) is 6.04 Å². The number of nitrogens with zero attached hydrogens (tertiary/aromatic N) is 1. The quantitative estimate of drug-likeness (QED) is 0.174. The van der Waals surface area contributed by atoms with Gasteiger partial charge in [-0.1, -0.05) is 146 Å². The Morgan fingerprint density at radius 2 is 1.25 bits per heavy atom. The van der Waals surface area contributed by atoms with Gasteiger partial charge >= 0.3 is 0 Å². The molecule has 53 heavy (non-hydrogen) atoms. The van der Waals surface area contributed by atoms with Crippen LogP contribution in [-0.2, 0) is 6.42 Å². The fourth-order valence-electron chi connectivity index (χ4n) is 8.68. The number of para-hydroxylation sites is 2. The number of hydrogen-bond donors (Lipinski definition) is 0. The molecule has 0 saturated heterocycles. The highest BCUT2D eigenvalue weighted by Crippen LogP contribution is 2.47. The van der Waals surface area contributed by atoms with Gasteiger partial charge in [0.15, 0.2) is 0 Å². The van der Waals surface area contributed by atoms with Gasteiger partial charge in [0.25, 0.3) is 0 Å². The van der Waals surface area contributed by atoms with E-state index < -0.39 is 0 Å². The molecule has 2 aliphatic carbocycles. The fraction of sp³-hybridized carbons (Fsp3) is 0.0980. The number of rotatable bonds is 6. The zero-order valence-electron chi connectivity index (χ0n) is 29.7. The van der Waals surface area contributed by atoms with Crippen LogP contribution in [-0.4, -0.2) is 6.04 Å². The Morgan fingerprint density at radius 1 is 0.547 bits per heavy atom. The van der Waals surface area contributed by atoms with E-state index in [0.29, 0.717) is 5.92 Å². The van der Waals surface area contributed by atoms with E-state index in [2.05, 4.69) is 188 Å². The van der Waals surface area contributed by atoms with Gasteiger partial charge < -0.3 is 9.32 Å². The number of allylic oxidation sites excluding steroid dienone is 2. The summed E-state index contributed by atoms with van der Waals surface area (Å²) in [5.74, 6) is 0.545. The van der Waals surface area contributed by atoms with E-state index >= 15 is 0 Å². The molecule has 2 aliphatic rings. The number of fused-ring (bicyclic) bond motifs is 6. The Bertz CT molecular complexity index is 2670. The van der Waals surface area contributed by atoms with Crippen LogP contribution in [0.4, 0.5) is 11.4 Å². The third-order valence-corrected chi connectivity index (χ3v) is 11.3. The van der Waals surface area contributed by atoms with Crippen LogP contribution < -0.4 is 4.90 Å². The maximum Gasteiger partial charge on any atom is 0.135 e. The fourth-order valence-corrected chi connectivity index (χ4v) is 8.68. The molecule has 3 unspecified atom stereocenters. The van der Waals surface area contributed by atoms with E-state index in [1.807, 2.05) is 12.1 Å². The van der Waals surface area contributed by atoms with E-state index in [0.717, 1.165) is 28.4 Å². The summed E-state index contributed by atoms with van der Waals surface area (Å²) < 4.78 is 6.16. The lowest BCUT2D eigenvalue weighted by molar-refractivity contribution is 0.611. The minimum absolute atomic E-state index is 0.162. The zero-order chi connectivity index (χ0) is 35.3. The summed E-state index contributed by atoms with van der Waals surface area (Å²) in [6.07, 6.45) is 8.09. The summed E-state index contributed by atoms with van der Waals surface area (Å²) in [6, 6.07) is 62.0. The van der Waals surface area contributed by atoms with Crippen LogP contribution in [0.25, 0.3) is 49.8 Å². The molecule has 0 fully saturated rings. The first-order valence-corrected chi connectivity index (χ1v) is 18.7. The molecule has 1 aromatic heterocycles. The van der Waals surface area contributed by atoms with E-state index in [9.17, 15) is 0 Å². The maximum absolute atomic E-state index is 6.16. The van der Waals surface area contributed by atoms with Crippen molar-refractivity contribution in [1.29, 1.82) is 0 Å². The van der Waals surface area contributed by atoms with Crippen molar-refractivity contribution in [2.45, 2.75) is 25.3 Å². The van der Waals surface area contributed by atoms with Crippen LogP contribution in [0.5, 0.6) is 0 Å². The molecule has 0 bridgehead atoms. The summed E-state index contributed by atoms with van der Waals surface area (Å²) in [5.41, 5.74) is 16.0. The Kier molecular flexibility index (Phi) is 7.69. The molecule has 0 amide bonds. The van der Waals surface area contributed by atoms with E-state index in [1.165, 1.54) is 61.5 Å². The van der Waals surface area contributed by atoms with Crippen molar-refractivity contribution in [3.63, 3.8) is 0 Å². The molecule has 3 atom stereocenters. The summed E-state index contributed by atoms with van der Waals surface area (Å²) in [7, 11) is 0. The van der Waals surface area contributed by atoms with Crippen molar-refractivity contribution in [2.24, 2.45) is 5.92 Å². The van der Waals surface area contributed by atoms with Gasteiger partial charge in [0.1, 0.15) is 11.2 Å². The van der Waals surface area contributed by atoms with Gasteiger partial charge in [-0.15, -0.1) is 0 Å². The van der Waals surface area contributed by atoms with Gasteiger partial charge in [-0.3, -0.25) is 0 Å². The SMILES string of the molecule is CC1C=C(c2ccccc2)C=CC1N(c1ccccc1)c1ccc2c(c1)C(c1ccccc1)Cc1ccc(-c3ccc4oc5ccccc5c4c3)cc1-2. The molecule has 2 heteroatoms. The molecule has 254 valence electrons. The number of furan rings is 1. The molecule has 8 aromatic rings. The van der Waals surface area contributed by atoms with Crippen molar-refractivity contribution < 1.29 is 4.42 Å². The first kappa shape index (κ1) is 31.4. The topological polar surface area (TPSA) is 16.4 Å². The van der Waals surface area contributed by atoms with Crippen LogP contribution >= 0.6 is 0 Å². The summed E-state index contributed by atoms with van der Waals surface area (Å²) in [6.45, 7) is 2.35. The average Bonchev–Trinajstić information content (AvgIpc) is 3.60. The van der Waals surface area contributed by atoms with Crippen molar-refractivity contribution in [3.05, 3.63) is 210 Å². The Morgan fingerprint density at radius 3 is 2.06 bits per heavy atom. The first-order chi connectivity index (χ1) is 26.2. The molecule has 2 nitrogen and oxygen atoms in total. The van der Waals surface area contributed by atoms with Crippen molar-refractivity contribution in [1.82, 2.24) is 0 Å². The Hall–Kier alpha value is -6.38. The lowest BCUT2D eigenvalue weighted by atomic mass is 9.75. The zero-order valence-corrected chi connectivity index (χ0v) is 29.7. The lowest BCUT2D eigenvalue weighted by Crippen LogP contribution is -2.35. The Labute approximate surface area is 311 Å². The first-order valence-electron chi connectivity index (χ1n) is 18.7. The van der Waals surface area contributed by atoms with Crippen molar-refractivity contribution in [3.8, 4) is 22.3 Å². The molecule has 0 spiro atoms. The molecular weight excluding hydrogens is 643 g/mol. The molecule has 0 aliphatic heterocycles. The van der Waals surface area contributed by atoms with Crippen LogP contribution in [0.2, 0.25) is 0 Å². The third kappa shape index (κ3) is 5.59. The molecule has 0 radical (unpaired) electrons. The normalized spacial score (nSPS) is 17.7. The third-order valence-electron chi connectivity index (χ3n) is 11.3. The van der Waals surface area contributed by atoms with Gasteiger partial charge in [-0.05, 0) is 111 Å². The lowest BCUT2D eigenvalue weighted by Gasteiger charge is -2.38. The standard InChI is InChI=1S/C51H39NO/c1-34-29-37(35-13-5-2-6-14-35)23-27-49(34)52(41-17-9-4-10-18-41)42-25-26-43-46-30-38(39-24-28-51-48(31-39)44-19-11-12-20-50(44)53-51)21-22-40(46)32-45(47(43)33-42)36-15-7-3-8-16-36/h2-31,33-34,45,49H,32H2,1H3. The number of hydrogen-bond acceptors (Lipinski definition) is 2. The molecular formula is C51H39NO. The summed E-state index contributed by atoms with van der Waals surface area (Å²) in [4.78, 5) is 2.54. The summed E-state index contributed by atoms with van der Waals surface area (Å²) in [5, 5.41) is 2.31. The van der Waals surface area contributed by atoms with E-state index in [-0.39, 0.29) is 12.0 Å². The predicted molar refractivity (Wildman–Crippen MR) is 222 cm³/mol. The van der Waals surface area contributed by atoms with Gasteiger partial charge in [-0.2, -0.15) is 0 Å². The Balaban J connectivity index is 1.09. The van der Waals surface area contributed by atoms with E-state index in [1.54, 1.807) is 0 Å². The number of anilines is 2. The highest BCUT2D eigenvalue weighted by Gasteiger charge is 2.30. The molecule has 10 rings (SSSR count). The molecule has 0 N–H and O–H groups in total. The smallest absolute Gasteiger partial charge is 0.135 e. The second kappa shape index (κ2) is 13.0. The molecule has 7 aromatic carbocycles. The van der Waals surface area contributed by atoms with Crippen molar-refractivity contribution >= 4 is 38.9 Å². The maximum atomic E-state index is 6.16. The van der Waals surface area contributed by atoms with Crippen LogP contribution in [0.1, 0.15) is 35.1 Å². The second-order valence-electron chi connectivity index (χ2n) is 14.5. The minimum atomic E-state index is 0.162. The predicted octanol–water partition coefficient (Wildman–Crippen LogP) is 13.4. The monoisotopic (exact) mass is 681 g/mol. The molecule has 0 saturated carbocycles. The van der Waals surface area contributed by atoms with Gasteiger partial charge in [0, 0.05) is 28.1 Å². The highest BCUT2D eigenvalue weighted by atomic mass is 16.3. The van der Waals surface area contributed by atoms with Gasteiger partial charge in [0.2, 0.25) is 0 Å². The second-order valence-corrected chi connectivity index (χ2v) is 14.5. The summed E-state index contributed by atoms with van der Waals surface area (Å²) >= 11 is 0. The van der Waals surface area contributed by atoms with Crippen LogP contribution in [0, 0.1) is 5.92 Å². The van der Waals surface area contributed by atoms with E-state index in [4.69, 9.17) is 4.42 Å². The van der Waals surface area contributed by atoms with Gasteiger partial charge in [-0.25, -0.2) is 0 Å².